The van der Waals surface area contributed by atoms with Gasteiger partial charge in [-0.15, -0.1) is 0 Å². The highest BCUT2D eigenvalue weighted by molar-refractivity contribution is 7.89. The van der Waals surface area contributed by atoms with E-state index in [0.717, 1.165) is 0 Å². The zero-order chi connectivity index (χ0) is 15.6. The van der Waals surface area contributed by atoms with E-state index in [1.807, 2.05) is 6.92 Å². The number of nitrogens with one attached hydrogen (secondary N) is 1. The number of sulfonamides is 1. The number of halogens is 1. The van der Waals surface area contributed by atoms with E-state index >= 15 is 0 Å². The highest BCUT2D eigenvalue weighted by Gasteiger charge is 2.24. The van der Waals surface area contributed by atoms with Crippen LogP contribution >= 0.6 is 11.6 Å². The van der Waals surface area contributed by atoms with E-state index in [0.29, 0.717) is 12.1 Å². The Morgan fingerprint density at radius 1 is 1.48 bits per heavy atom. The molecule has 0 saturated carbocycles. The minimum absolute atomic E-state index is 0.0687. The number of pyridine rings is 1. The molecule has 116 valence electrons. The van der Waals surface area contributed by atoms with Gasteiger partial charge in [0.05, 0.1) is 0 Å². The second-order valence-corrected chi connectivity index (χ2v) is 8.47. The fourth-order valence-electron chi connectivity index (χ4n) is 1.82. The molecule has 21 heavy (non-hydrogen) atoms. The van der Waals surface area contributed by atoms with E-state index in [1.165, 1.54) is 4.40 Å². The molecular weight excluding hydrogens is 334 g/mol. The van der Waals surface area contributed by atoms with Gasteiger partial charge in [-0.1, -0.05) is 24.6 Å². The highest BCUT2D eigenvalue weighted by Crippen LogP contribution is 2.22. The van der Waals surface area contributed by atoms with Crippen LogP contribution < -0.4 is 4.72 Å². The summed E-state index contributed by atoms with van der Waals surface area (Å²) in [6.45, 7) is 2.01. The van der Waals surface area contributed by atoms with Crippen LogP contribution in [0.15, 0.2) is 29.4 Å². The van der Waals surface area contributed by atoms with Gasteiger partial charge in [-0.05, 0) is 18.6 Å². The lowest BCUT2D eigenvalue weighted by Gasteiger charge is -2.10. The van der Waals surface area contributed by atoms with Crippen LogP contribution in [0.3, 0.4) is 0 Å². The molecule has 9 heteroatoms. The third kappa shape index (κ3) is 3.63. The molecule has 0 aromatic carbocycles. The van der Waals surface area contributed by atoms with Gasteiger partial charge < -0.3 is 0 Å². The number of imidazole rings is 1. The van der Waals surface area contributed by atoms with Crippen LogP contribution in [0.5, 0.6) is 0 Å². The van der Waals surface area contributed by atoms with E-state index in [-0.39, 0.29) is 22.0 Å². The van der Waals surface area contributed by atoms with Crippen molar-refractivity contribution in [2.24, 2.45) is 0 Å². The number of fused-ring (bicyclic) bond motifs is 1. The standard InChI is InChI=1S/C12H16ClN3O3S2/c1-9(20(2)17)6-7-14-21(18,19)12-11(13)15-10-5-3-4-8-16(10)12/h3-5,8-9,14H,6-7H2,1-2H3. The van der Waals surface area contributed by atoms with Crippen LogP contribution in [0.2, 0.25) is 5.15 Å². The summed E-state index contributed by atoms with van der Waals surface area (Å²) in [6, 6.07) is 5.13. The van der Waals surface area contributed by atoms with Crippen molar-refractivity contribution in [2.75, 3.05) is 12.8 Å². The predicted molar refractivity (Wildman–Crippen MR) is 83.5 cm³/mol. The third-order valence-electron chi connectivity index (χ3n) is 3.11. The maximum atomic E-state index is 12.3. The Labute approximate surface area is 131 Å². The summed E-state index contributed by atoms with van der Waals surface area (Å²) >= 11 is 5.94. The summed E-state index contributed by atoms with van der Waals surface area (Å²) in [5, 5.41) is -0.226. The first-order valence-electron chi connectivity index (χ1n) is 6.27. The van der Waals surface area contributed by atoms with Crippen molar-refractivity contribution >= 4 is 38.1 Å². The Balaban J connectivity index is 2.22. The molecule has 0 aliphatic heterocycles. The van der Waals surface area contributed by atoms with Gasteiger partial charge in [0.1, 0.15) is 5.65 Å². The van der Waals surface area contributed by atoms with Crippen LogP contribution in [0, 0.1) is 0 Å². The lowest BCUT2D eigenvalue weighted by atomic mass is 10.3. The number of hydrogen-bond donors (Lipinski definition) is 1. The SMILES string of the molecule is CC(CCNS(=O)(=O)c1c(Cl)nc2ccccn12)S(C)=O. The lowest BCUT2D eigenvalue weighted by Crippen LogP contribution is -2.28. The quantitative estimate of drug-likeness (QED) is 0.855. The second kappa shape index (κ2) is 6.43. The van der Waals surface area contributed by atoms with Gasteiger partial charge in [0.2, 0.25) is 0 Å². The first-order chi connectivity index (χ1) is 9.83. The average molecular weight is 350 g/mol. The highest BCUT2D eigenvalue weighted by atomic mass is 35.5. The molecule has 2 aromatic heterocycles. The molecule has 2 rings (SSSR count). The summed E-state index contributed by atoms with van der Waals surface area (Å²) in [6.07, 6.45) is 3.67. The van der Waals surface area contributed by atoms with Crippen LogP contribution in [-0.4, -0.2) is 40.1 Å². The normalized spacial score (nSPS) is 15.2. The summed E-state index contributed by atoms with van der Waals surface area (Å²) in [5.74, 6) is 0. The number of nitrogens with zero attached hydrogens (tertiary/aromatic N) is 2. The number of hydrogen-bond acceptors (Lipinski definition) is 4. The van der Waals surface area contributed by atoms with Crippen molar-refractivity contribution in [3.63, 3.8) is 0 Å². The minimum Gasteiger partial charge on any atom is -0.288 e. The molecule has 0 aliphatic carbocycles. The largest absolute Gasteiger partial charge is 0.288 e. The van der Waals surface area contributed by atoms with Crippen LogP contribution in [0.25, 0.3) is 5.65 Å². The van der Waals surface area contributed by atoms with Crippen LogP contribution in [-0.2, 0) is 20.8 Å². The van der Waals surface area contributed by atoms with Crippen molar-refractivity contribution in [1.82, 2.24) is 14.1 Å². The fourth-order valence-corrected chi connectivity index (χ4v) is 3.95. The molecule has 0 bridgehead atoms. The zero-order valence-electron chi connectivity index (χ0n) is 11.6. The number of rotatable bonds is 6. The molecule has 2 atom stereocenters. The van der Waals surface area contributed by atoms with Crippen LogP contribution in [0.4, 0.5) is 0 Å². The van der Waals surface area contributed by atoms with Gasteiger partial charge in [-0.25, -0.2) is 18.1 Å². The zero-order valence-corrected chi connectivity index (χ0v) is 14.0. The van der Waals surface area contributed by atoms with Gasteiger partial charge in [-0.2, -0.15) is 0 Å². The van der Waals surface area contributed by atoms with Crippen molar-refractivity contribution in [2.45, 2.75) is 23.6 Å². The molecule has 0 aliphatic rings. The maximum Gasteiger partial charge on any atom is 0.259 e. The molecule has 0 amide bonds. The van der Waals surface area contributed by atoms with Gasteiger partial charge >= 0.3 is 0 Å². The van der Waals surface area contributed by atoms with E-state index in [4.69, 9.17) is 11.6 Å². The summed E-state index contributed by atoms with van der Waals surface area (Å²) in [4.78, 5) is 4.01. The summed E-state index contributed by atoms with van der Waals surface area (Å²) in [5.41, 5.74) is 0.464. The smallest absolute Gasteiger partial charge is 0.259 e. The minimum atomic E-state index is -3.78. The topological polar surface area (TPSA) is 80.5 Å². The van der Waals surface area contributed by atoms with Crippen molar-refractivity contribution in [3.05, 3.63) is 29.5 Å². The average Bonchev–Trinajstić information content (AvgIpc) is 2.74. The monoisotopic (exact) mass is 349 g/mol. The predicted octanol–water partition coefficient (Wildman–Crippen LogP) is 1.42. The van der Waals surface area contributed by atoms with Gasteiger partial charge in [0.15, 0.2) is 10.2 Å². The molecule has 0 fully saturated rings. The molecule has 0 saturated heterocycles. The molecule has 6 nitrogen and oxygen atoms in total. The van der Waals surface area contributed by atoms with Crippen molar-refractivity contribution in [1.29, 1.82) is 0 Å². The maximum absolute atomic E-state index is 12.3. The molecular formula is C12H16ClN3O3S2. The van der Waals surface area contributed by atoms with E-state index in [2.05, 4.69) is 9.71 Å². The fraction of sp³-hybridized carbons (Fsp3) is 0.417. The van der Waals surface area contributed by atoms with E-state index in [9.17, 15) is 12.6 Å². The Kier molecular flexibility index (Phi) is 5.03. The first kappa shape index (κ1) is 16.4. The Morgan fingerprint density at radius 2 is 2.19 bits per heavy atom. The summed E-state index contributed by atoms with van der Waals surface area (Å²) in [7, 11) is -4.76. The Bertz CT molecular complexity index is 773. The Morgan fingerprint density at radius 3 is 2.86 bits per heavy atom. The van der Waals surface area contributed by atoms with Crippen molar-refractivity contribution in [3.8, 4) is 0 Å². The second-order valence-electron chi connectivity index (χ2n) is 4.63. The Hall–Kier alpha value is -0.960. The van der Waals surface area contributed by atoms with E-state index < -0.39 is 20.8 Å². The molecule has 1 N–H and O–H groups in total. The van der Waals surface area contributed by atoms with E-state index in [1.54, 1.807) is 30.7 Å². The third-order valence-corrected chi connectivity index (χ3v) is 6.34. The van der Waals surface area contributed by atoms with Crippen molar-refractivity contribution < 1.29 is 12.6 Å². The molecule has 2 heterocycles. The summed E-state index contributed by atoms with van der Waals surface area (Å²) < 4.78 is 39.8. The molecule has 0 spiro atoms. The molecule has 2 unspecified atom stereocenters. The molecule has 0 radical (unpaired) electrons. The number of aromatic nitrogens is 2. The van der Waals surface area contributed by atoms with Gasteiger partial charge in [-0.3, -0.25) is 8.61 Å². The van der Waals surface area contributed by atoms with Crippen LogP contribution in [0.1, 0.15) is 13.3 Å². The first-order valence-corrected chi connectivity index (χ1v) is 9.75. The van der Waals surface area contributed by atoms with Gasteiger partial charge in [0.25, 0.3) is 10.0 Å². The van der Waals surface area contributed by atoms with Gasteiger partial charge in [0, 0.05) is 35.0 Å². The molecule has 2 aromatic rings. The lowest BCUT2D eigenvalue weighted by molar-refractivity contribution is 0.573.